The van der Waals surface area contributed by atoms with Crippen molar-refractivity contribution < 1.29 is 48.9 Å². The van der Waals surface area contributed by atoms with E-state index in [2.05, 4.69) is 5.10 Å². The number of benzene rings is 1. The Hall–Kier alpha value is -2.49. The maximum atomic E-state index is 13.6. The number of aliphatic hydroxyl groups excluding tert-OH is 3. The number of methoxy groups -OCH3 is 2. The fourth-order valence-corrected chi connectivity index (χ4v) is 7.81. The first-order chi connectivity index (χ1) is 24.2. The summed E-state index contributed by atoms with van der Waals surface area (Å²) >= 11 is 0. The van der Waals surface area contributed by atoms with Crippen LogP contribution in [0.1, 0.15) is 87.1 Å². The first-order valence-corrected chi connectivity index (χ1v) is 18.5. The molecule has 4 N–H and O–H groups in total. The molecule has 0 saturated carbocycles. The van der Waals surface area contributed by atoms with Gasteiger partial charge in [0.2, 0.25) is 0 Å². The van der Waals surface area contributed by atoms with Crippen LogP contribution in [0, 0.1) is 23.7 Å². The maximum absolute atomic E-state index is 13.6. The number of carbonyl (C=O) groups is 1. The van der Waals surface area contributed by atoms with Crippen LogP contribution in [0.4, 0.5) is 0 Å². The summed E-state index contributed by atoms with van der Waals surface area (Å²) in [6.45, 7) is 15.8. The summed E-state index contributed by atoms with van der Waals surface area (Å²) < 4.78 is 30.3. The lowest BCUT2D eigenvalue weighted by Crippen LogP contribution is -2.60. The lowest BCUT2D eigenvalue weighted by Gasteiger charge is -2.48. The van der Waals surface area contributed by atoms with Gasteiger partial charge in [0.1, 0.15) is 23.6 Å². The summed E-state index contributed by atoms with van der Waals surface area (Å²) in [6.07, 6.45) is -5.99. The third kappa shape index (κ3) is 9.78. The maximum Gasteiger partial charge on any atom is 0.311 e. The molecular formula is C39H65N3O10. The predicted molar refractivity (Wildman–Crippen MR) is 199 cm³/mol. The molecule has 3 rings (SSSR count). The second kappa shape index (κ2) is 18.2. The lowest BCUT2D eigenvalue weighted by atomic mass is 9.73. The highest BCUT2D eigenvalue weighted by molar-refractivity contribution is 5.99. The second-order valence-corrected chi connectivity index (χ2v) is 15.6. The van der Waals surface area contributed by atoms with Crippen LogP contribution in [0.2, 0.25) is 0 Å². The third-order valence-electron chi connectivity index (χ3n) is 11.4. The smallest absolute Gasteiger partial charge is 0.311 e. The molecule has 13 heteroatoms. The number of ether oxygens (including phenoxy) is 5. The summed E-state index contributed by atoms with van der Waals surface area (Å²) in [7, 11) is 6.92. The standard InChI is InChI=1S/C39H65N3O10/c1-14-30-39(9,47)34(45)23(4)31(41-40-26(7)27-15-17-28(48-12)18-16-27)21(2)20-38(8,49-13)35(24(5)32(43)25(6)36(46)51-30)52-37-33(44)29(42(10)11)19-22(3)50-37/h15-18,21-25,29-30,32-35,37,43-45,47H,14,19-20H2,1-13H3. The SMILES string of the molecule is CCC1OC(=O)C(C)C(O)C(C)C(OC2OC(C)CC(N(C)C)C2O)C(C)(OC)CC(C)C(=NN=C(C)c2ccc(OC)cc2)C(C)C(O)C1(C)O. The molecule has 0 spiro atoms. The van der Waals surface area contributed by atoms with E-state index in [1.54, 1.807) is 41.9 Å². The zero-order valence-corrected chi connectivity index (χ0v) is 33.4. The molecule has 2 fully saturated rings. The van der Waals surface area contributed by atoms with E-state index in [0.29, 0.717) is 23.6 Å². The number of esters is 1. The molecule has 0 radical (unpaired) electrons. The molecule has 14 atom stereocenters. The topological polar surface area (TPSA) is 172 Å². The normalized spacial score (nSPS) is 41.1. The van der Waals surface area contributed by atoms with Gasteiger partial charge in [-0.3, -0.25) is 4.79 Å². The Labute approximate surface area is 310 Å². The van der Waals surface area contributed by atoms with E-state index in [1.807, 2.05) is 71.0 Å². The first kappa shape index (κ1) is 43.9. The van der Waals surface area contributed by atoms with Gasteiger partial charge in [0.25, 0.3) is 0 Å². The Morgan fingerprint density at radius 3 is 2.15 bits per heavy atom. The Kier molecular flexibility index (Phi) is 15.4. The Bertz CT molecular complexity index is 1370. The van der Waals surface area contributed by atoms with Gasteiger partial charge in [0.15, 0.2) is 6.29 Å². The number of aliphatic hydroxyl groups is 4. The van der Waals surface area contributed by atoms with E-state index in [0.717, 1.165) is 5.56 Å². The number of nitrogens with zero attached hydrogens (tertiary/aromatic N) is 3. The highest BCUT2D eigenvalue weighted by atomic mass is 16.7. The summed E-state index contributed by atoms with van der Waals surface area (Å²) in [5.74, 6) is -3.01. The molecule has 2 heterocycles. The minimum atomic E-state index is -1.89. The molecule has 0 amide bonds. The van der Waals surface area contributed by atoms with Gasteiger partial charge >= 0.3 is 5.97 Å². The van der Waals surface area contributed by atoms with Crippen LogP contribution >= 0.6 is 0 Å². The van der Waals surface area contributed by atoms with E-state index in [4.69, 9.17) is 28.8 Å². The molecule has 13 nitrogen and oxygen atoms in total. The van der Waals surface area contributed by atoms with Crippen molar-refractivity contribution in [3.8, 4) is 5.75 Å². The molecule has 0 aromatic heterocycles. The van der Waals surface area contributed by atoms with Gasteiger partial charge in [-0.2, -0.15) is 10.2 Å². The van der Waals surface area contributed by atoms with Crippen LogP contribution in [-0.2, 0) is 23.7 Å². The average Bonchev–Trinajstić information content (AvgIpc) is 3.11. The predicted octanol–water partition coefficient (Wildman–Crippen LogP) is 3.82. The zero-order valence-electron chi connectivity index (χ0n) is 33.4. The van der Waals surface area contributed by atoms with Crippen molar-refractivity contribution in [3.63, 3.8) is 0 Å². The van der Waals surface area contributed by atoms with Crippen molar-refractivity contribution in [2.45, 2.75) is 142 Å². The van der Waals surface area contributed by atoms with Gasteiger partial charge in [-0.05, 0) is 104 Å². The van der Waals surface area contributed by atoms with Gasteiger partial charge in [-0.15, -0.1) is 0 Å². The summed E-state index contributed by atoms with van der Waals surface area (Å²) in [5.41, 5.74) is -1.15. The minimum Gasteiger partial charge on any atom is -0.497 e. The van der Waals surface area contributed by atoms with Crippen molar-refractivity contribution in [1.82, 2.24) is 4.90 Å². The molecule has 14 unspecified atom stereocenters. The fourth-order valence-electron chi connectivity index (χ4n) is 7.81. The van der Waals surface area contributed by atoms with E-state index >= 15 is 0 Å². The van der Waals surface area contributed by atoms with Gasteiger partial charge in [0, 0.05) is 30.7 Å². The quantitative estimate of drug-likeness (QED) is 0.174. The molecule has 2 aliphatic rings. The van der Waals surface area contributed by atoms with Crippen molar-refractivity contribution in [3.05, 3.63) is 29.8 Å². The molecule has 52 heavy (non-hydrogen) atoms. The summed E-state index contributed by atoms with van der Waals surface area (Å²) in [5, 5.41) is 56.2. The van der Waals surface area contributed by atoms with Crippen molar-refractivity contribution in [1.29, 1.82) is 0 Å². The van der Waals surface area contributed by atoms with E-state index in [1.165, 1.54) is 6.92 Å². The fraction of sp³-hybridized carbons (Fsp3) is 0.769. The van der Waals surface area contributed by atoms with Crippen LogP contribution in [-0.4, -0.2) is 131 Å². The number of rotatable bonds is 8. The van der Waals surface area contributed by atoms with E-state index < -0.39 is 77.7 Å². The number of carbonyl (C=O) groups excluding carboxylic acids is 1. The number of hydrogen-bond donors (Lipinski definition) is 4. The van der Waals surface area contributed by atoms with Crippen LogP contribution in [0.3, 0.4) is 0 Å². The average molecular weight is 736 g/mol. The Morgan fingerprint density at radius 2 is 1.62 bits per heavy atom. The summed E-state index contributed by atoms with van der Waals surface area (Å²) in [4.78, 5) is 15.6. The molecule has 2 saturated heterocycles. The van der Waals surface area contributed by atoms with Gasteiger partial charge in [-0.1, -0.05) is 27.7 Å². The second-order valence-electron chi connectivity index (χ2n) is 15.6. The van der Waals surface area contributed by atoms with Crippen LogP contribution in [0.25, 0.3) is 0 Å². The molecule has 1 aromatic rings. The number of likely N-dealkylation sites (N-methyl/N-ethyl adjacent to an activating group) is 1. The zero-order chi connectivity index (χ0) is 39.3. The molecule has 0 aliphatic carbocycles. The van der Waals surface area contributed by atoms with Crippen LogP contribution < -0.4 is 4.74 Å². The highest BCUT2D eigenvalue weighted by Gasteiger charge is 2.51. The summed E-state index contributed by atoms with van der Waals surface area (Å²) in [6, 6.07) is 7.16. The number of cyclic esters (lactones) is 1. The largest absolute Gasteiger partial charge is 0.497 e. The van der Waals surface area contributed by atoms with E-state index in [9.17, 15) is 25.2 Å². The Morgan fingerprint density at radius 1 is 1.00 bits per heavy atom. The highest BCUT2D eigenvalue weighted by Crippen LogP contribution is 2.39. The van der Waals surface area contributed by atoms with Crippen LogP contribution in [0.15, 0.2) is 34.5 Å². The van der Waals surface area contributed by atoms with Crippen molar-refractivity contribution in [2.75, 3.05) is 28.3 Å². The molecule has 2 aliphatic heterocycles. The molecule has 1 aromatic carbocycles. The van der Waals surface area contributed by atoms with Crippen molar-refractivity contribution >= 4 is 17.4 Å². The van der Waals surface area contributed by atoms with Crippen molar-refractivity contribution in [2.24, 2.45) is 33.9 Å². The van der Waals surface area contributed by atoms with E-state index in [-0.39, 0.29) is 25.0 Å². The third-order valence-corrected chi connectivity index (χ3v) is 11.4. The number of hydrogen-bond acceptors (Lipinski definition) is 13. The van der Waals surface area contributed by atoms with Gasteiger partial charge in [0.05, 0.1) is 48.8 Å². The molecule has 296 valence electrons. The van der Waals surface area contributed by atoms with Gasteiger partial charge in [-0.25, -0.2) is 0 Å². The minimum absolute atomic E-state index is 0.202. The lowest BCUT2D eigenvalue weighted by molar-refractivity contribution is -0.301. The molecular weight excluding hydrogens is 670 g/mol. The van der Waals surface area contributed by atoms with Crippen LogP contribution in [0.5, 0.6) is 5.75 Å². The molecule has 0 bridgehead atoms. The first-order valence-electron chi connectivity index (χ1n) is 18.5. The van der Waals surface area contributed by atoms with Gasteiger partial charge < -0.3 is 49.0 Å². The monoisotopic (exact) mass is 735 g/mol. The Balaban J connectivity index is 2.21.